The Morgan fingerprint density at radius 3 is 2.48 bits per heavy atom. The van der Waals surface area contributed by atoms with Crippen molar-refractivity contribution in [2.45, 2.75) is 18.7 Å². The van der Waals surface area contributed by atoms with Crippen LogP contribution in [0, 0.1) is 6.92 Å². The molecule has 0 aliphatic heterocycles. The summed E-state index contributed by atoms with van der Waals surface area (Å²) in [5, 5.41) is 0. The molecular formula is C16H14N2O4S. The second-order valence-electron chi connectivity index (χ2n) is 5.10. The van der Waals surface area contributed by atoms with Gasteiger partial charge in [-0.2, -0.15) is 0 Å². The van der Waals surface area contributed by atoms with Crippen LogP contribution in [0.15, 0.2) is 51.8 Å². The van der Waals surface area contributed by atoms with Crippen molar-refractivity contribution < 1.29 is 17.6 Å². The van der Waals surface area contributed by atoms with Crippen LogP contribution in [-0.2, 0) is 10.0 Å². The fourth-order valence-electron chi connectivity index (χ4n) is 2.18. The number of Topliss-reactive ketones (excluding diaryl/α,β-unsaturated/α-hetero) is 1. The summed E-state index contributed by atoms with van der Waals surface area (Å²) in [6.45, 7) is 3.15. The molecule has 118 valence electrons. The quantitative estimate of drug-likeness (QED) is 0.742. The normalized spacial score (nSPS) is 11.6. The molecule has 1 aromatic heterocycles. The smallest absolute Gasteiger partial charge is 0.261 e. The zero-order chi connectivity index (χ0) is 16.6. The van der Waals surface area contributed by atoms with Crippen molar-refractivity contribution in [2.75, 3.05) is 4.72 Å². The van der Waals surface area contributed by atoms with E-state index in [1.807, 2.05) is 0 Å². The number of nitrogens with zero attached hydrogens (tertiary/aromatic N) is 1. The molecule has 7 heteroatoms. The largest absolute Gasteiger partial charge is 0.441 e. The summed E-state index contributed by atoms with van der Waals surface area (Å²) in [5.41, 5.74) is 1.92. The molecule has 0 bridgehead atoms. The van der Waals surface area contributed by atoms with Gasteiger partial charge < -0.3 is 4.42 Å². The van der Waals surface area contributed by atoms with Crippen molar-refractivity contribution in [2.24, 2.45) is 0 Å². The number of fused-ring (bicyclic) bond motifs is 1. The molecule has 0 spiro atoms. The van der Waals surface area contributed by atoms with Crippen LogP contribution in [0.25, 0.3) is 11.1 Å². The van der Waals surface area contributed by atoms with Crippen LogP contribution in [0.5, 0.6) is 0 Å². The lowest BCUT2D eigenvalue weighted by molar-refractivity contribution is 0.101. The highest BCUT2D eigenvalue weighted by molar-refractivity contribution is 7.92. The van der Waals surface area contributed by atoms with Crippen molar-refractivity contribution in [3.63, 3.8) is 0 Å². The summed E-state index contributed by atoms with van der Waals surface area (Å²) in [6, 6.07) is 10.7. The summed E-state index contributed by atoms with van der Waals surface area (Å²) < 4.78 is 32.7. The van der Waals surface area contributed by atoms with Gasteiger partial charge in [0.15, 0.2) is 17.3 Å². The molecule has 0 aliphatic rings. The molecule has 6 nitrogen and oxygen atoms in total. The Balaban J connectivity index is 1.91. The van der Waals surface area contributed by atoms with E-state index in [4.69, 9.17) is 4.42 Å². The van der Waals surface area contributed by atoms with Gasteiger partial charge in [-0.3, -0.25) is 9.52 Å². The molecule has 0 atom stereocenters. The number of ketones is 1. The maximum atomic E-state index is 12.4. The Hall–Kier alpha value is -2.67. The molecule has 0 amide bonds. The standard InChI is InChI=1S/C16H14N2O4S/c1-10(19)12-3-5-13(6-4-12)18-23(20,21)14-7-8-16-15(9-14)17-11(2)22-16/h3-9,18H,1-2H3. The topological polar surface area (TPSA) is 89.3 Å². The van der Waals surface area contributed by atoms with E-state index >= 15 is 0 Å². The lowest BCUT2D eigenvalue weighted by atomic mass is 10.1. The third-order valence-corrected chi connectivity index (χ3v) is 4.70. The van der Waals surface area contributed by atoms with Gasteiger partial charge in [-0.1, -0.05) is 0 Å². The van der Waals surface area contributed by atoms with Crippen LogP contribution in [0.3, 0.4) is 0 Å². The van der Waals surface area contributed by atoms with Crippen LogP contribution in [0.2, 0.25) is 0 Å². The van der Waals surface area contributed by atoms with Crippen molar-refractivity contribution in [3.05, 3.63) is 53.9 Å². The number of oxazole rings is 1. The van der Waals surface area contributed by atoms with Crippen molar-refractivity contribution in [1.82, 2.24) is 4.98 Å². The predicted octanol–water partition coefficient (Wildman–Crippen LogP) is 3.14. The Morgan fingerprint density at radius 1 is 1.13 bits per heavy atom. The third kappa shape index (κ3) is 3.09. The Bertz CT molecular complexity index is 989. The minimum Gasteiger partial charge on any atom is -0.441 e. The monoisotopic (exact) mass is 330 g/mol. The van der Waals surface area contributed by atoms with Crippen LogP contribution in [0.1, 0.15) is 23.2 Å². The van der Waals surface area contributed by atoms with Gasteiger partial charge in [-0.25, -0.2) is 13.4 Å². The van der Waals surface area contributed by atoms with Gasteiger partial charge in [0.2, 0.25) is 0 Å². The van der Waals surface area contributed by atoms with E-state index < -0.39 is 10.0 Å². The zero-order valence-electron chi connectivity index (χ0n) is 12.5. The highest BCUT2D eigenvalue weighted by atomic mass is 32.2. The summed E-state index contributed by atoms with van der Waals surface area (Å²) in [4.78, 5) is 15.5. The maximum absolute atomic E-state index is 12.4. The van der Waals surface area contributed by atoms with Crippen molar-refractivity contribution in [1.29, 1.82) is 0 Å². The van der Waals surface area contributed by atoms with Gasteiger partial charge in [-0.15, -0.1) is 0 Å². The van der Waals surface area contributed by atoms with E-state index in [9.17, 15) is 13.2 Å². The molecule has 0 fully saturated rings. The summed E-state index contributed by atoms with van der Waals surface area (Å²) in [7, 11) is -3.75. The van der Waals surface area contributed by atoms with E-state index in [1.54, 1.807) is 37.3 Å². The van der Waals surface area contributed by atoms with Gasteiger partial charge in [0, 0.05) is 18.2 Å². The lowest BCUT2D eigenvalue weighted by Crippen LogP contribution is -2.13. The Morgan fingerprint density at radius 2 is 1.83 bits per heavy atom. The molecule has 3 rings (SSSR count). The van der Waals surface area contributed by atoms with Crippen LogP contribution >= 0.6 is 0 Å². The molecule has 0 unspecified atom stereocenters. The van der Waals surface area contributed by atoms with Gasteiger partial charge in [-0.05, 0) is 49.4 Å². The van der Waals surface area contributed by atoms with Crippen molar-refractivity contribution >= 4 is 32.6 Å². The first-order valence-corrected chi connectivity index (χ1v) is 8.34. The van der Waals surface area contributed by atoms with E-state index in [0.29, 0.717) is 28.2 Å². The van der Waals surface area contributed by atoms with Gasteiger partial charge >= 0.3 is 0 Å². The highest BCUT2D eigenvalue weighted by Crippen LogP contribution is 2.22. The fraction of sp³-hybridized carbons (Fsp3) is 0.125. The summed E-state index contributed by atoms with van der Waals surface area (Å²) in [5.74, 6) is 0.397. The van der Waals surface area contributed by atoms with E-state index in [1.165, 1.54) is 19.1 Å². The molecular weight excluding hydrogens is 316 g/mol. The minimum absolute atomic E-state index is 0.0775. The molecule has 3 aromatic rings. The first-order chi connectivity index (χ1) is 10.8. The number of benzene rings is 2. The number of aryl methyl sites for hydroxylation is 1. The van der Waals surface area contributed by atoms with E-state index in [0.717, 1.165) is 0 Å². The average molecular weight is 330 g/mol. The number of hydrogen-bond acceptors (Lipinski definition) is 5. The van der Waals surface area contributed by atoms with Gasteiger partial charge in [0.1, 0.15) is 5.52 Å². The summed E-state index contributed by atoms with van der Waals surface area (Å²) in [6.07, 6.45) is 0. The highest BCUT2D eigenvalue weighted by Gasteiger charge is 2.16. The molecule has 0 aliphatic carbocycles. The SMILES string of the molecule is CC(=O)c1ccc(NS(=O)(=O)c2ccc3oc(C)nc3c2)cc1. The van der Waals surface area contributed by atoms with Gasteiger partial charge in [0.05, 0.1) is 4.90 Å². The zero-order valence-corrected chi connectivity index (χ0v) is 13.3. The molecule has 1 heterocycles. The molecule has 0 saturated carbocycles. The molecule has 1 N–H and O–H groups in total. The van der Waals surface area contributed by atoms with E-state index in [-0.39, 0.29) is 10.7 Å². The maximum Gasteiger partial charge on any atom is 0.261 e. The van der Waals surface area contributed by atoms with Crippen LogP contribution in [-0.4, -0.2) is 19.2 Å². The fourth-order valence-corrected chi connectivity index (χ4v) is 3.25. The first-order valence-electron chi connectivity index (χ1n) is 6.86. The lowest BCUT2D eigenvalue weighted by Gasteiger charge is -2.08. The predicted molar refractivity (Wildman–Crippen MR) is 86.0 cm³/mol. The minimum atomic E-state index is -3.75. The number of carbonyl (C=O) groups is 1. The van der Waals surface area contributed by atoms with Crippen LogP contribution < -0.4 is 4.72 Å². The Kier molecular flexibility index (Phi) is 3.65. The second-order valence-corrected chi connectivity index (χ2v) is 6.78. The average Bonchev–Trinajstić information content (AvgIpc) is 2.86. The Labute approximate surface area is 133 Å². The number of sulfonamides is 1. The number of aromatic nitrogens is 1. The molecule has 0 saturated heterocycles. The third-order valence-electron chi connectivity index (χ3n) is 3.32. The van der Waals surface area contributed by atoms with Gasteiger partial charge in [0.25, 0.3) is 10.0 Å². The number of carbonyl (C=O) groups excluding carboxylic acids is 1. The second kappa shape index (κ2) is 5.51. The van der Waals surface area contributed by atoms with E-state index in [2.05, 4.69) is 9.71 Å². The number of rotatable bonds is 4. The summed E-state index contributed by atoms with van der Waals surface area (Å²) >= 11 is 0. The molecule has 2 aromatic carbocycles. The van der Waals surface area contributed by atoms with Crippen LogP contribution in [0.4, 0.5) is 5.69 Å². The first kappa shape index (κ1) is 15.2. The molecule has 0 radical (unpaired) electrons. The number of hydrogen-bond donors (Lipinski definition) is 1. The van der Waals surface area contributed by atoms with Crippen molar-refractivity contribution in [3.8, 4) is 0 Å². The number of nitrogens with one attached hydrogen (secondary N) is 1. The number of anilines is 1. The molecule has 23 heavy (non-hydrogen) atoms.